The molecule has 0 aliphatic carbocycles. The van der Waals surface area contributed by atoms with E-state index in [0.717, 1.165) is 11.1 Å². The number of hydrogen-bond donors (Lipinski definition) is 2. The van der Waals surface area contributed by atoms with Gasteiger partial charge in [0.15, 0.2) is 0 Å². The van der Waals surface area contributed by atoms with E-state index in [4.69, 9.17) is 5.84 Å². The summed E-state index contributed by atoms with van der Waals surface area (Å²) < 4.78 is 38.8. The van der Waals surface area contributed by atoms with Gasteiger partial charge in [-0.25, -0.2) is 4.98 Å². The van der Waals surface area contributed by atoms with Gasteiger partial charge < -0.3 is 0 Å². The Labute approximate surface area is 112 Å². The molecule has 0 radical (unpaired) electrons. The zero-order valence-electron chi connectivity index (χ0n) is 9.82. The van der Waals surface area contributed by atoms with Crippen molar-refractivity contribution in [1.82, 2.24) is 10.4 Å². The van der Waals surface area contributed by atoms with Gasteiger partial charge >= 0.3 is 6.18 Å². The summed E-state index contributed by atoms with van der Waals surface area (Å²) >= 11 is 1.39. The van der Waals surface area contributed by atoms with Crippen LogP contribution in [0.25, 0.3) is 0 Å². The molecule has 0 fully saturated rings. The monoisotopic (exact) mass is 287 g/mol. The van der Waals surface area contributed by atoms with E-state index in [2.05, 4.69) is 10.4 Å². The lowest BCUT2D eigenvalue weighted by Crippen LogP contribution is -2.31. The Balaban J connectivity index is 2.33. The molecule has 0 aliphatic rings. The van der Waals surface area contributed by atoms with Crippen molar-refractivity contribution in [3.8, 4) is 0 Å². The molecule has 2 rings (SSSR count). The largest absolute Gasteiger partial charge is 0.416 e. The average molecular weight is 287 g/mol. The predicted molar refractivity (Wildman–Crippen MR) is 67.3 cm³/mol. The first-order valence-corrected chi connectivity index (χ1v) is 6.41. The zero-order chi connectivity index (χ0) is 13.9. The van der Waals surface area contributed by atoms with Crippen LogP contribution in [-0.2, 0) is 12.6 Å². The first kappa shape index (κ1) is 14.0. The Bertz CT molecular complexity index is 525. The minimum Gasteiger partial charge on any atom is -0.271 e. The van der Waals surface area contributed by atoms with Crippen LogP contribution in [0.1, 0.15) is 22.2 Å². The number of alkyl halides is 3. The quantitative estimate of drug-likeness (QED) is 0.671. The molecule has 3 N–H and O–H groups in total. The molecule has 1 aromatic heterocycles. The van der Waals surface area contributed by atoms with E-state index in [-0.39, 0.29) is 5.56 Å². The van der Waals surface area contributed by atoms with E-state index >= 15 is 0 Å². The molecule has 1 unspecified atom stereocenters. The number of nitrogens with zero attached hydrogens (tertiary/aromatic N) is 1. The highest BCUT2D eigenvalue weighted by Crippen LogP contribution is 2.35. The summed E-state index contributed by atoms with van der Waals surface area (Å²) in [4.78, 5) is 4.06. The number of halogens is 3. The van der Waals surface area contributed by atoms with Gasteiger partial charge in [-0.3, -0.25) is 11.3 Å². The van der Waals surface area contributed by atoms with Crippen LogP contribution >= 0.6 is 11.3 Å². The second kappa shape index (κ2) is 5.68. The molecule has 0 aliphatic heterocycles. The molecule has 2 aromatic rings. The van der Waals surface area contributed by atoms with Crippen molar-refractivity contribution in [2.24, 2.45) is 5.84 Å². The molecular weight excluding hydrogens is 275 g/mol. The number of nitrogens with two attached hydrogens (primary N) is 1. The average Bonchev–Trinajstić information content (AvgIpc) is 2.88. The molecule has 19 heavy (non-hydrogen) atoms. The first-order valence-electron chi connectivity index (χ1n) is 5.53. The van der Waals surface area contributed by atoms with Gasteiger partial charge in [0.2, 0.25) is 0 Å². The molecule has 7 heteroatoms. The maximum atomic E-state index is 12.9. The maximum absolute atomic E-state index is 12.9. The van der Waals surface area contributed by atoms with Crippen molar-refractivity contribution >= 4 is 11.3 Å². The fourth-order valence-corrected chi connectivity index (χ4v) is 2.51. The predicted octanol–water partition coefficient (Wildman–Crippen LogP) is 2.91. The van der Waals surface area contributed by atoms with Crippen LogP contribution in [0.4, 0.5) is 13.2 Å². The minimum atomic E-state index is -4.39. The van der Waals surface area contributed by atoms with Crippen LogP contribution in [-0.4, -0.2) is 4.98 Å². The van der Waals surface area contributed by atoms with Crippen molar-refractivity contribution in [1.29, 1.82) is 0 Å². The molecule has 0 saturated carbocycles. The van der Waals surface area contributed by atoms with Gasteiger partial charge in [-0.2, -0.15) is 13.2 Å². The summed E-state index contributed by atoms with van der Waals surface area (Å²) in [6.45, 7) is 0. The second-order valence-electron chi connectivity index (χ2n) is 3.93. The summed E-state index contributed by atoms with van der Waals surface area (Å²) in [6.07, 6.45) is -2.46. The normalized spacial score (nSPS) is 13.5. The summed E-state index contributed by atoms with van der Waals surface area (Å²) in [5, 5.41) is 2.51. The van der Waals surface area contributed by atoms with E-state index in [1.165, 1.54) is 23.5 Å². The van der Waals surface area contributed by atoms with Crippen LogP contribution in [0.3, 0.4) is 0 Å². The fourth-order valence-electron chi connectivity index (χ4n) is 1.85. The van der Waals surface area contributed by atoms with Gasteiger partial charge in [-0.1, -0.05) is 18.2 Å². The van der Waals surface area contributed by atoms with Crippen LogP contribution in [0.2, 0.25) is 0 Å². The van der Waals surface area contributed by atoms with Gasteiger partial charge in [0, 0.05) is 18.0 Å². The standard InChI is InChI=1S/C12H12F3N3S/c13-12(14,15)9-4-2-1-3-8(9)10(18-16)7-11-17-5-6-19-11/h1-6,10,18H,7,16H2. The Hall–Kier alpha value is -1.44. The third-order valence-electron chi connectivity index (χ3n) is 2.70. The summed E-state index contributed by atoms with van der Waals surface area (Å²) in [7, 11) is 0. The van der Waals surface area contributed by atoms with Crippen LogP contribution in [0.5, 0.6) is 0 Å². The Kier molecular flexibility index (Phi) is 4.18. The molecule has 1 atom stereocenters. The molecule has 0 bridgehead atoms. The van der Waals surface area contributed by atoms with Crippen molar-refractivity contribution in [2.45, 2.75) is 18.6 Å². The highest BCUT2D eigenvalue weighted by atomic mass is 32.1. The van der Waals surface area contributed by atoms with Gasteiger partial charge in [-0.15, -0.1) is 11.3 Å². The smallest absolute Gasteiger partial charge is 0.271 e. The topological polar surface area (TPSA) is 50.9 Å². The molecule has 1 heterocycles. The Morgan fingerprint density at radius 1 is 1.32 bits per heavy atom. The van der Waals surface area contributed by atoms with Crippen molar-refractivity contribution in [3.05, 3.63) is 52.0 Å². The van der Waals surface area contributed by atoms with Crippen LogP contribution in [0.15, 0.2) is 35.8 Å². The highest BCUT2D eigenvalue weighted by molar-refractivity contribution is 7.09. The van der Waals surface area contributed by atoms with Crippen molar-refractivity contribution < 1.29 is 13.2 Å². The molecular formula is C12H12F3N3S. The molecule has 0 amide bonds. The van der Waals surface area contributed by atoms with Gasteiger partial charge in [0.25, 0.3) is 0 Å². The fraction of sp³-hybridized carbons (Fsp3) is 0.250. The zero-order valence-corrected chi connectivity index (χ0v) is 10.6. The Morgan fingerprint density at radius 2 is 2.05 bits per heavy atom. The van der Waals surface area contributed by atoms with Gasteiger partial charge in [-0.05, 0) is 11.6 Å². The molecule has 1 aromatic carbocycles. The lowest BCUT2D eigenvalue weighted by Gasteiger charge is -2.20. The second-order valence-corrected chi connectivity index (χ2v) is 4.91. The number of hydrogen-bond acceptors (Lipinski definition) is 4. The summed E-state index contributed by atoms with van der Waals surface area (Å²) in [5.74, 6) is 5.39. The van der Waals surface area contributed by atoms with Gasteiger partial charge in [0.1, 0.15) is 0 Å². The van der Waals surface area contributed by atoms with Crippen molar-refractivity contribution in [3.63, 3.8) is 0 Å². The lowest BCUT2D eigenvalue weighted by molar-refractivity contribution is -0.138. The summed E-state index contributed by atoms with van der Waals surface area (Å²) in [6, 6.07) is 4.80. The molecule has 3 nitrogen and oxygen atoms in total. The van der Waals surface area contributed by atoms with E-state index in [0.29, 0.717) is 6.42 Å². The van der Waals surface area contributed by atoms with Gasteiger partial charge in [0.05, 0.1) is 16.6 Å². The van der Waals surface area contributed by atoms with E-state index < -0.39 is 17.8 Å². The van der Waals surface area contributed by atoms with Crippen molar-refractivity contribution in [2.75, 3.05) is 0 Å². The minimum absolute atomic E-state index is 0.132. The third kappa shape index (κ3) is 3.31. The first-order chi connectivity index (χ1) is 9.02. The lowest BCUT2D eigenvalue weighted by atomic mass is 9.98. The van der Waals surface area contributed by atoms with Crippen LogP contribution in [0, 0.1) is 0 Å². The third-order valence-corrected chi connectivity index (χ3v) is 3.51. The SMILES string of the molecule is NNC(Cc1nccs1)c1ccccc1C(F)(F)F. The molecule has 102 valence electrons. The van der Waals surface area contributed by atoms with Crippen LogP contribution < -0.4 is 11.3 Å². The number of nitrogens with one attached hydrogen (secondary N) is 1. The maximum Gasteiger partial charge on any atom is 0.416 e. The Morgan fingerprint density at radius 3 is 2.63 bits per heavy atom. The number of hydrazine groups is 1. The number of thiazole rings is 1. The number of aromatic nitrogens is 1. The van der Waals surface area contributed by atoms with E-state index in [1.54, 1.807) is 17.6 Å². The molecule has 0 spiro atoms. The highest BCUT2D eigenvalue weighted by Gasteiger charge is 2.34. The number of benzene rings is 1. The van der Waals surface area contributed by atoms with E-state index in [1.807, 2.05) is 0 Å². The van der Waals surface area contributed by atoms with E-state index in [9.17, 15) is 13.2 Å². The number of rotatable bonds is 4. The summed E-state index contributed by atoms with van der Waals surface area (Å²) in [5.41, 5.74) is 1.90. The molecule has 0 saturated heterocycles.